The van der Waals surface area contributed by atoms with Crippen molar-refractivity contribution in [2.24, 2.45) is 0 Å². The van der Waals surface area contributed by atoms with Crippen molar-refractivity contribution in [2.45, 2.75) is 410 Å². The largest absolute Gasteiger partial charge is 0.463 e. The third-order valence-corrected chi connectivity index (χ3v) is 17.6. The lowest BCUT2D eigenvalue weighted by molar-refractivity contribution is -0.384. The van der Waals surface area contributed by atoms with Crippen molar-refractivity contribution < 1.29 is 77.2 Å². The summed E-state index contributed by atoms with van der Waals surface area (Å²) in [5.41, 5.74) is 0. The first-order chi connectivity index (χ1) is 42.9. The highest BCUT2D eigenvalue weighted by atomic mass is 16.8. The molecule has 0 aliphatic carbocycles. The number of esters is 5. The van der Waals surface area contributed by atoms with E-state index in [0.29, 0.717) is 32.1 Å². The van der Waals surface area contributed by atoms with Crippen molar-refractivity contribution in [1.29, 1.82) is 0 Å². The average molecular weight is 1250 g/mol. The van der Waals surface area contributed by atoms with Crippen LogP contribution in [0.3, 0.4) is 0 Å². The number of aliphatic hydroxyl groups excluding tert-OH is 3. The second kappa shape index (κ2) is 54.6. The Morgan fingerprint density at radius 3 is 0.989 bits per heavy atom. The van der Waals surface area contributed by atoms with E-state index in [1.165, 1.54) is 122 Å². The molecule has 16 heteroatoms. The van der Waals surface area contributed by atoms with Crippen LogP contribution in [0, 0.1) is 0 Å². The molecule has 2 rings (SSSR count). The van der Waals surface area contributed by atoms with Crippen LogP contribution in [-0.4, -0.2) is 120 Å². The fourth-order valence-corrected chi connectivity index (χ4v) is 12.0. The quantitative estimate of drug-likeness (QED) is 0.0293. The van der Waals surface area contributed by atoms with Gasteiger partial charge in [-0.15, -0.1) is 0 Å². The molecule has 16 nitrogen and oxygen atoms in total. The van der Waals surface area contributed by atoms with Gasteiger partial charge in [0.15, 0.2) is 18.3 Å². The van der Waals surface area contributed by atoms with E-state index in [9.17, 15) is 39.3 Å². The maximum Gasteiger partial charge on any atom is 0.306 e. The highest BCUT2D eigenvalue weighted by Crippen LogP contribution is 2.41. The summed E-state index contributed by atoms with van der Waals surface area (Å²) in [5, 5.41) is 33.6. The van der Waals surface area contributed by atoms with Crippen molar-refractivity contribution >= 4 is 29.8 Å². The van der Waals surface area contributed by atoms with E-state index in [1.807, 2.05) is 0 Å². The van der Waals surface area contributed by atoms with E-state index in [1.54, 1.807) is 0 Å². The molecule has 0 bridgehead atoms. The van der Waals surface area contributed by atoms with Gasteiger partial charge in [-0.3, -0.25) is 24.0 Å². The highest BCUT2D eigenvalue weighted by Gasteiger charge is 2.64. The van der Waals surface area contributed by atoms with E-state index in [0.717, 1.165) is 135 Å². The Morgan fingerprint density at radius 1 is 0.352 bits per heavy atom. The molecule has 0 spiro atoms. The SMILES string of the molecule is CCCCCCCCCCCC(=O)OCC1OC(COC(=O)CCCCCCCCCCC)(OC2OC(CO)C(O)C(O)C2OC(=O)CCCCCCCCCCC)C(OC(=O)CCCCCCCCCCC)C1OC(=O)CCCCCCCCCCC. The minimum Gasteiger partial charge on any atom is -0.463 e. The molecule has 9 atom stereocenters. The van der Waals surface area contributed by atoms with Crippen LogP contribution < -0.4 is 0 Å². The van der Waals surface area contributed by atoms with Crippen molar-refractivity contribution in [1.82, 2.24) is 0 Å². The van der Waals surface area contributed by atoms with Gasteiger partial charge in [0.05, 0.1) is 6.61 Å². The summed E-state index contributed by atoms with van der Waals surface area (Å²) in [6.45, 7) is 8.95. The zero-order chi connectivity index (χ0) is 64.1. The summed E-state index contributed by atoms with van der Waals surface area (Å²) in [5.74, 6) is -5.53. The predicted molar refractivity (Wildman–Crippen MR) is 347 cm³/mol. The first-order valence-corrected chi connectivity index (χ1v) is 36.8. The molecule has 516 valence electrons. The van der Waals surface area contributed by atoms with Crippen LogP contribution in [0.1, 0.15) is 356 Å². The number of hydrogen-bond donors (Lipinski definition) is 3. The van der Waals surface area contributed by atoms with Crippen LogP contribution in [0.4, 0.5) is 0 Å². The number of unbranched alkanes of at least 4 members (excludes halogenated alkanes) is 40. The van der Waals surface area contributed by atoms with Gasteiger partial charge in [0.25, 0.3) is 0 Å². The van der Waals surface area contributed by atoms with Crippen LogP contribution in [0.25, 0.3) is 0 Å². The number of ether oxygens (including phenoxy) is 8. The van der Waals surface area contributed by atoms with Crippen LogP contribution in [0.5, 0.6) is 0 Å². The molecule has 0 aromatic heterocycles. The Labute approximate surface area is 535 Å². The molecule has 2 saturated heterocycles. The number of carbonyl (C=O) groups excluding carboxylic acids is 5. The van der Waals surface area contributed by atoms with E-state index in [2.05, 4.69) is 34.6 Å². The molecule has 2 aliphatic rings. The Hall–Kier alpha value is -2.89. The maximum absolute atomic E-state index is 14.4. The Bertz CT molecular complexity index is 1710. The molecule has 2 aliphatic heterocycles. The minimum atomic E-state index is -2.42. The third kappa shape index (κ3) is 38.2. The molecule has 2 heterocycles. The van der Waals surface area contributed by atoms with Crippen molar-refractivity contribution in [3.8, 4) is 0 Å². The average Bonchev–Trinajstić information content (AvgIpc) is 3.01. The second-order valence-electron chi connectivity index (χ2n) is 25.8. The fourth-order valence-electron chi connectivity index (χ4n) is 12.0. The van der Waals surface area contributed by atoms with Crippen molar-refractivity contribution in [3.05, 3.63) is 0 Å². The van der Waals surface area contributed by atoms with E-state index < -0.39 is 104 Å². The first-order valence-electron chi connectivity index (χ1n) is 36.8. The van der Waals surface area contributed by atoms with Crippen LogP contribution >= 0.6 is 0 Å². The molecule has 3 N–H and O–H groups in total. The lowest BCUT2D eigenvalue weighted by Crippen LogP contribution is -2.64. The van der Waals surface area contributed by atoms with Gasteiger partial charge >= 0.3 is 29.8 Å². The normalized spacial score (nSPS) is 21.8. The molecule has 0 amide bonds. The lowest BCUT2D eigenvalue weighted by atomic mass is 9.98. The summed E-state index contributed by atoms with van der Waals surface area (Å²) in [4.78, 5) is 69.9. The Balaban J connectivity index is 2.63. The maximum atomic E-state index is 14.4. The summed E-state index contributed by atoms with van der Waals surface area (Å²) in [7, 11) is 0. The topological polar surface area (TPSA) is 220 Å². The number of rotatable bonds is 60. The molecular weight excluding hydrogens is 1120 g/mol. The molecule has 9 unspecified atom stereocenters. The monoisotopic (exact) mass is 1250 g/mol. The summed E-state index contributed by atoms with van der Waals surface area (Å²) in [6, 6.07) is 0. The van der Waals surface area contributed by atoms with Gasteiger partial charge in [-0.05, 0) is 32.1 Å². The molecule has 0 aromatic carbocycles. The second-order valence-corrected chi connectivity index (χ2v) is 25.8. The van der Waals surface area contributed by atoms with Gasteiger partial charge in [-0.2, -0.15) is 0 Å². The van der Waals surface area contributed by atoms with Gasteiger partial charge in [0, 0.05) is 32.1 Å². The Morgan fingerprint density at radius 2 is 0.648 bits per heavy atom. The molecule has 0 saturated carbocycles. The number of carbonyl (C=O) groups is 5. The summed E-state index contributed by atoms with van der Waals surface area (Å²) >= 11 is 0. The van der Waals surface area contributed by atoms with E-state index in [4.69, 9.17) is 37.9 Å². The standard InChI is InChI=1S/C72H132O16/c1-6-11-16-21-26-31-36-41-46-51-61(74)81-57-60-68(84-63(76)53-48-43-38-33-28-23-18-13-8-3)70(86-65(78)55-50-45-40-35-30-25-20-15-10-5)72(87-60,58-82-62(75)52-47-42-37-32-27-22-17-12-7-2)88-71-69(67(80)66(79)59(56-73)83-71)85-64(77)54-49-44-39-34-29-24-19-14-9-4/h59-60,66-71,73,79-80H,6-58H2,1-5H3. The molecular formula is C72H132O16. The smallest absolute Gasteiger partial charge is 0.306 e. The lowest BCUT2D eigenvalue weighted by Gasteiger charge is -2.45. The first kappa shape index (κ1) is 81.2. The minimum absolute atomic E-state index is 0.00796. The summed E-state index contributed by atoms with van der Waals surface area (Å²) in [6.07, 6.45) is 33.3. The van der Waals surface area contributed by atoms with Crippen LogP contribution in [-0.2, 0) is 61.9 Å². The van der Waals surface area contributed by atoms with Crippen LogP contribution in [0.15, 0.2) is 0 Å². The molecule has 0 aromatic rings. The molecule has 2 fully saturated rings. The van der Waals surface area contributed by atoms with Crippen molar-refractivity contribution in [2.75, 3.05) is 19.8 Å². The Kier molecular flexibility index (Phi) is 50.4. The highest BCUT2D eigenvalue weighted by molar-refractivity contribution is 5.72. The van der Waals surface area contributed by atoms with Crippen molar-refractivity contribution in [3.63, 3.8) is 0 Å². The zero-order valence-electron chi connectivity index (χ0n) is 56.7. The van der Waals surface area contributed by atoms with E-state index in [-0.39, 0.29) is 32.1 Å². The third-order valence-electron chi connectivity index (χ3n) is 17.6. The molecule has 88 heavy (non-hydrogen) atoms. The predicted octanol–water partition coefficient (Wildman–Crippen LogP) is 17.0. The fraction of sp³-hybridized carbons (Fsp3) is 0.931. The number of aliphatic hydroxyl groups is 3. The van der Waals surface area contributed by atoms with Gasteiger partial charge in [0.2, 0.25) is 12.1 Å². The van der Waals surface area contributed by atoms with Gasteiger partial charge < -0.3 is 53.2 Å². The van der Waals surface area contributed by atoms with Crippen LogP contribution in [0.2, 0.25) is 0 Å². The van der Waals surface area contributed by atoms with E-state index >= 15 is 0 Å². The van der Waals surface area contributed by atoms with Gasteiger partial charge in [-0.1, -0.05) is 291 Å². The number of hydrogen-bond acceptors (Lipinski definition) is 16. The van der Waals surface area contributed by atoms with Gasteiger partial charge in [-0.25, -0.2) is 0 Å². The molecule has 0 radical (unpaired) electrons. The zero-order valence-corrected chi connectivity index (χ0v) is 56.7. The van der Waals surface area contributed by atoms with Gasteiger partial charge in [0.1, 0.15) is 37.6 Å². The summed E-state index contributed by atoms with van der Waals surface area (Å²) < 4.78 is 50.5.